The van der Waals surface area contributed by atoms with E-state index in [-0.39, 0.29) is 41.6 Å². The molecule has 0 radical (unpaired) electrons. The van der Waals surface area contributed by atoms with E-state index in [1.807, 2.05) is 0 Å². The van der Waals surface area contributed by atoms with E-state index in [1.165, 1.54) is 6.20 Å². The molecule has 0 unspecified atom stereocenters. The number of aromatic carboxylic acids is 1. The van der Waals surface area contributed by atoms with Crippen molar-refractivity contribution in [3.8, 4) is 0 Å². The van der Waals surface area contributed by atoms with Crippen molar-refractivity contribution in [1.82, 2.24) is 4.57 Å². The zero-order valence-electron chi connectivity index (χ0n) is 16.0. The Hall–Kier alpha value is -2.74. The summed E-state index contributed by atoms with van der Waals surface area (Å²) in [6, 6.07) is 2.80. The first-order valence-electron chi connectivity index (χ1n) is 9.83. The summed E-state index contributed by atoms with van der Waals surface area (Å²) in [6.45, 7) is 0.625. The van der Waals surface area contributed by atoms with Gasteiger partial charge in [0.1, 0.15) is 17.2 Å². The van der Waals surface area contributed by atoms with Crippen LogP contribution in [0.4, 0.5) is 14.5 Å². The lowest BCUT2D eigenvalue weighted by atomic mass is 9.92. The Morgan fingerprint density at radius 2 is 2.03 bits per heavy atom. The van der Waals surface area contributed by atoms with Gasteiger partial charge in [-0.05, 0) is 49.8 Å². The van der Waals surface area contributed by atoms with Crippen LogP contribution < -0.4 is 16.1 Å². The second-order valence-electron chi connectivity index (χ2n) is 7.73. The van der Waals surface area contributed by atoms with Gasteiger partial charge >= 0.3 is 5.97 Å². The zero-order valence-corrected chi connectivity index (χ0v) is 16.0. The number of aromatic nitrogens is 1. The molecule has 29 heavy (non-hydrogen) atoms. The molecule has 1 saturated carbocycles. The van der Waals surface area contributed by atoms with Crippen molar-refractivity contribution >= 4 is 22.6 Å². The summed E-state index contributed by atoms with van der Waals surface area (Å²) < 4.78 is 30.8. The summed E-state index contributed by atoms with van der Waals surface area (Å²) in [5.41, 5.74) is 5.72. The summed E-state index contributed by atoms with van der Waals surface area (Å²) in [6.07, 6.45) is 5.41. The molecule has 2 aromatic rings. The summed E-state index contributed by atoms with van der Waals surface area (Å²) >= 11 is 0. The fourth-order valence-corrected chi connectivity index (χ4v) is 4.16. The minimum absolute atomic E-state index is 0.0546. The lowest BCUT2D eigenvalue weighted by Gasteiger charge is -2.33. The summed E-state index contributed by atoms with van der Waals surface area (Å²) in [5, 5.41) is 9.44. The Labute approximate surface area is 166 Å². The molecule has 0 spiro atoms. The van der Waals surface area contributed by atoms with Crippen LogP contribution in [0.25, 0.3) is 10.9 Å². The molecule has 0 amide bonds. The summed E-state index contributed by atoms with van der Waals surface area (Å²) in [4.78, 5) is 25.9. The van der Waals surface area contributed by atoms with E-state index in [0.29, 0.717) is 30.5 Å². The van der Waals surface area contributed by atoms with E-state index >= 15 is 0 Å². The molecule has 1 aromatic carbocycles. The van der Waals surface area contributed by atoms with Crippen LogP contribution in [0.1, 0.15) is 48.5 Å². The minimum atomic E-state index is -1.32. The molecule has 1 aliphatic heterocycles. The van der Waals surface area contributed by atoms with E-state index in [2.05, 4.69) is 0 Å². The highest BCUT2D eigenvalue weighted by atomic mass is 19.1. The third-order valence-electron chi connectivity index (χ3n) is 5.99. The number of carbonyl (C=O) groups is 1. The van der Waals surface area contributed by atoms with Gasteiger partial charge in [0.15, 0.2) is 0 Å². The van der Waals surface area contributed by atoms with Gasteiger partial charge in [-0.2, -0.15) is 0 Å². The number of halogens is 2. The van der Waals surface area contributed by atoms with Crippen molar-refractivity contribution in [2.75, 3.05) is 24.5 Å². The first-order chi connectivity index (χ1) is 13.9. The topological polar surface area (TPSA) is 88.6 Å². The largest absolute Gasteiger partial charge is 0.477 e. The van der Waals surface area contributed by atoms with Gasteiger partial charge < -0.3 is 20.3 Å². The standard InChI is InChI=1S/C21H23F2N3O3/c22-16-7-14-18(8-19(16)25-6-2-3-12(10-25)17(23)9-24)26(13-4-1-5-13)11-15(20(14)27)21(28)29/h7-8,11,13H,1-6,9-10,24H2,(H,28,29)/b17-12+. The van der Waals surface area contributed by atoms with Crippen LogP contribution in [-0.4, -0.2) is 35.3 Å². The first-order valence-corrected chi connectivity index (χ1v) is 9.83. The van der Waals surface area contributed by atoms with Crippen molar-refractivity contribution < 1.29 is 18.7 Å². The monoisotopic (exact) mass is 403 g/mol. The SMILES string of the molecule is NC/C(F)=C1/CCCN(c2cc3c(cc2F)c(=O)c(C(=O)O)cn3C2CCC2)C1. The molecule has 154 valence electrons. The van der Waals surface area contributed by atoms with E-state index in [1.54, 1.807) is 15.5 Å². The number of carboxylic acids is 1. The molecule has 8 heteroatoms. The van der Waals surface area contributed by atoms with E-state index < -0.39 is 17.2 Å². The number of carboxylic acid groups (broad SMARTS) is 1. The number of hydrogen-bond acceptors (Lipinski definition) is 4. The Kier molecular flexibility index (Phi) is 5.12. The zero-order chi connectivity index (χ0) is 20.7. The van der Waals surface area contributed by atoms with Crippen molar-refractivity contribution in [2.24, 2.45) is 5.73 Å². The number of anilines is 1. The summed E-state index contributed by atoms with van der Waals surface area (Å²) in [5.74, 6) is -2.31. The molecule has 2 heterocycles. The number of hydrogen-bond donors (Lipinski definition) is 2. The van der Waals surface area contributed by atoms with Gasteiger partial charge in [-0.3, -0.25) is 4.79 Å². The second-order valence-corrected chi connectivity index (χ2v) is 7.73. The molecular weight excluding hydrogens is 380 g/mol. The minimum Gasteiger partial charge on any atom is -0.477 e. The maximum atomic E-state index is 15.0. The number of piperidine rings is 1. The van der Waals surface area contributed by atoms with Gasteiger partial charge in [-0.1, -0.05) is 0 Å². The fourth-order valence-electron chi connectivity index (χ4n) is 4.16. The predicted molar refractivity (Wildman–Crippen MR) is 107 cm³/mol. The third-order valence-corrected chi connectivity index (χ3v) is 5.99. The Bertz CT molecular complexity index is 1070. The van der Waals surface area contributed by atoms with E-state index in [0.717, 1.165) is 25.3 Å². The number of nitrogens with zero attached hydrogens (tertiary/aromatic N) is 2. The molecular formula is C21H23F2N3O3. The molecule has 3 N–H and O–H groups in total. The Morgan fingerprint density at radius 1 is 1.28 bits per heavy atom. The highest BCUT2D eigenvalue weighted by molar-refractivity contribution is 5.93. The van der Waals surface area contributed by atoms with Gasteiger partial charge in [-0.25, -0.2) is 13.6 Å². The van der Waals surface area contributed by atoms with Crippen LogP contribution in [0.3, 0.4) is 0 Å². The van der Waals surface area contributed by atoms with Gasteiger partial charge in [0.25, 0.3) is 0 Å². The van der Waals surface area contributed by atoms with Crippen molar-refractivity contribution in [2.45, 2.75) is 38.1 Å². The lowest BCUT2D eigenvalue weighted by molar-refractivity contribution is 0.0694. The maximum absolute atomic E-state index is 15.0. The van der Waals surface area contributed by atoms with Gasteiger partial charge in [0, 0.05) is 37.3 Å². The van der Waals surface area contributed by atoms with Crippen LogP contribution in [0.5, 0.6) is 0 Å². The molecule has 1 saturated heterocycles. The van der Waals surface area contributed by atoms with Crippen molar-refractivity contribution in [1.29, 1.82) is 0 Å². The van der Waals surface area contributed by atoms with Crippen LogP contribution in [0.15, 0.2) is 34.5 Å². The highest BCUT2D eigenvalue weighted by Gasteiger charge is 2.26. The Morgan fingerprint density at radius 3 is 2.66 bits per heavy atom. The normalized spacial score (nSPS) is 19.3. The molecule has 1 aromatic heterocycles. The van der Waals surface area contributed by atoms with Crippen molar-refractivity contribution in [3.63, 3.8) is 0 Å². The molecule has 0 bridgehead atoms. The Balaban J connectivity index is 1.87. The molecule has 2 fully saturated rings. The fraction of sp³-hybridized carbons (Fsp3) is 0.429. The van der Waals surface area contributed by atoms with Crippen molar-refractivity contribution in [3.05, 3.63) is 51.3 Å². The number of pyridine rings is 1. The molecule has 1 aliphatic carbocycles. The lowest BCUT2D eigenvalue weighted by Crippen LogP contribution is -2.33. The van der Waals surface area contributed by atoms with Gasteiger partial charge in [0.05, 0.1) is 11.2 Å². The number of rotatable bonds is 4. The molecule has 2 aliphatic rings. The van der Waals surface area contributed by atoms with E-state index in [9.17, 15) is 23.5 Å². The average Bonchev–Trinajstić information content (AvgIpc) is 2.67. The average molecular weight is 403 g/mol. The predicted octanol–water partition coefficient (Wildman–Crippen LogP) is 3.35. The third kappa shape index (κ3) is 3.42. The van der Waals surface area contributed by atoms with Crippen LogP contribution in [0.2, 0.25) is 0 Å². The second kappa shape index (κ2) is 7.59. The number of nitrogens with two attached hydrogens (primary N) is 1. The molecule has 4 rings (SSSR count). The molecule has 6 nitrogen and oxygen atoms in total. The summed E-state index contributed by atoms with van der Waals surface area (Å²) in [7, 11) is 0. The van der Waals surface area contributed by atoms with Crippen LogP contribution in [0, 0.1) is 5.82 Å². The number of benzene rings is 1. The van der Waals surface area contributed by atoms with Gasteiger partial charge in [0.2, 0.25) is 5.43 Å². The number of fused-ring (bicyclic) bond motifs is 1. The smallest absolute Gasteiger partial charge is 0.341 e. The quantitative estimate of drug-likeness (QED) is 0.817. The van der Waals surface area contributed by atoms with Crippen LogP contribution >= 0.6 is 0 Å². The van der Waals surface area contributed by atoms with E-state index in [4.69, 9.17) is 5.73 Å². The molecule has 0 atom stereocenters. The highest BCUT2D eigenvalue weighted by Crippen LogP contribution is 2.36. The maximum Gasteiger partial charge on any atom is 0.341 e. The van der Waals surface area contributed by atoms with Gasteiger partial charge in [-0.15, -0.1) is 0 Å². The van der Waals surface area contributed by atoms with Crippen LogP contribution in [-0.2, 0) is 0 Å². The first kappa shape index (κ1) is 19.6.